The summed E-state index contributed by atoms with van der Waals surface area (Å²) in [4.78, 5) is 32.3. The molecule has 8 nitrogen and oxygen atoms in total. The molecule has 0 fully saturated rings. The fraction of sp³-hybridized carbons (Fsp3) is 0. The number of anilines is 1. The van der Waals surface area contributed by atoms with Crippen LogP contribution in [0.15, 0.2) is 40.9 Å². The van der Waals surface area contributed by atoms with Crippen molar-refractivity contribution in [2.24, 2.45) is 0 Å². The van der Waals surface area contributed by atoms with Gasteiger partial charge in [0.1, 0.15) is 5.02 Å². The highest BCUT2D eigenvalue weighted by molar-refractivity contribution is 9.10. The number of carbonyl (C=O) groups excluding carboxylic acids is 1. The Labute approximate surface area is 142 Å². The number of nitrogens with one attached hydrogen (secondary N) is 1. The molecule has 0 saturated carbocycles. The minimum absolute atomic E-state index is 0.351. The van der Waals surface area contributed by atoms with Crippen molar-refractivity contribution in [3.8, 4) is 0 Å². The second-order valence-corrected chi connectivity index (χ2v) is 5.60. The third-order valence-electron chi connectivity index (χ3n) is 2.79. The van der Waals surface area contributed by atoms with Crippen LogP contribution in [-0.4, -0.2) is 15.8 Å². The first-order valence-corrected chi connectivity index (χ1v) is 7.16. The van der Waals surface area contributed by atoms with Gasteiger partial charge in [-0.2, -0.15) is 0 Å². The highest BCUT2D eigenvalue weighted by Gasteiger charge is 2.26. The maximum atomic E-state index is 12.2. The summed E-state index contributed by atoms with van der Waals surface area (Å²) in [7, 11) is 0. The summed E-state index contributed by atoms with van der Waals surface area (Å²) in [6, 6.07) is 8.12. The molecular formula is C13H7BrClN3O5. The van der Waals surface area contributed by atoms with Gasteiger partial charge < -0.3 is 5.32 Å². The van der Waals surface area contributed by atoms with Crippen LogP contribution in [0.25, 0.3) is 0 Å². The number of hydrogen-bond acceptors (Lipinski definition) is 5. The maximum absolute atomic E-state index is 12.2. The SMILES string of the molecule is O=C(Nc1ccc(Br)cc1)c1cc([N+](=O)[O-])cc([N+](=O)[O-])c1Cl. The van der Waals surface area contributed by atoms with Crippen LogP contribution in [0.1, 0.15) is 10.4 Å². The van der Waals surface area contributed by atoms with Crippen molar-refractivity contribution in [2.45, 2.75) is 0 Å². The predicted molar refractivity (Wildman–Crippen MR) is 86.9 cm³/mol. The second kappa shape index (κ2) is 6.71. The Kier molecular flexibility index (Phi) is 4.92. The maximum Gasteiger partial charge on any atom is 0.295 e. The molecule has 1 N–H and O–H groups in total. The minimum atomic E-state index is -0.883. The molecule has 0 radical (unpaired) electrons. The van der Waals surface area contributed by atoms with Gasteiger partial charge in [-0.25, -0.2) is 0 Å². The topological polar surface area (TPSA) is 115 Å². The smallest absolute Gasteiger partial charge is 0.295 e. The number of benzene rings is 2. The zero-order valence-corrected chi connectivity index (χ0v) is 13.5. The zero-order valence-electron chi connectivity index (χ0n) is 11.2. The van der Waals surface area contributed by atoms with Gasteiger partial charge in [-0.3, -0.25) is 25.0 Å². The van der Waals surface area contributed by atoms with E-state index in [9.17, 15) is 25.0 Å². The molecular weight excluding hydrogens is 394 g/mol. The van der Waals surface area contributed by atoms with Gasteiger partial charge in [0.15, 0.2) is 0 Å². The van der Waals surface area contributed by atoms with Crippen LogP contribution in [0.2, 0.25) is 5.02 Å². The van der Waals surface area contributed by atoms with Crippen LogP contribution in [0.3, 0.4) is 0 Å². The Balaban J connectivity index is 2.44. The lowest BCUT2D eigenvalue weighted by atomic mass is 10.1. The number of halogens is 2. The largest absolute Gasteiger partial charge is 0.322 e. The van der Waals surface area contributed by atoms with E-state index in [1.54, 1.807) is 24.3 Å². The van der Waals surface area contributed by atoms with E-state index in [1.165, 1.54) is 0 Å². The summed E-state index contributed by atoms with van der Waals surface area (Å²) in [5.74, 6) is -0.788. The van der Waals surface area contributed by atoms with Crippen LogP contribution in [-0.2, 0) is 0 Å². The van der Waals surface area contributed by atoms with Gasteiger partial charge in [-0.15, -0.1) is 0 Å². The summed E-state index contributed by atoms with van der Waals surface area (Å²) in [6.07, 6.45) is 0. The van der Waals surface area contributed by atoms with E-state index in [-0.39, 0.29) is 5.56 Å². The van der Waals surface area contributed by atoms with E-state index < -0.39 is 32.2 Å². The van der Waals surface area contributed by atoms with Gasteiger partial charge in [0, 0.05) is 16.2 Å². The molecule has 2 aromatic carbocycles. The molecule has 23 heavy (non-hydrogen) atoms. The standard InChI is InChI=1S/C13H7BrClN3O5/c14-7-1-3-8(4-2-7)16-13(19)10-5-9(17(20)21)6-11(12(10)15)18(22)23/h1-6H,(H,16,19). The molecule has 0 spiro atoms. The number of amides is 1. The van der Waals surface area contributed by atoms with E-state index >= 15 is 0 Å². The van der Waals surface area contributed by atoms with Gasteiger partial charge in [0.05, 0.1) is 21.5 Å². The minimum Gasteiger partial charge on any atom is -0.322 e. The molecule has 0 aliphatic carbocycles. The molecule has 0 heterocycles. The number of nitrogens with zero attached hydrogens (tertiary/aromatic N) is 2. The number of nitro benzene ring substituents is 2. The predicted octanol–water partition coefficient (Wildman–Crippen LogP) is 4.17. The first kappa shape index (κ1) is 16.8. The van der Waals surface area contributed by atoms with Gasteiger partial charge in [0.25, 0.3) is 17.3 Å². The van der Waals surface area contributed by atoms with Crippen LogP contribution in [0, 0.1) is 20.2 Å². The average Bonchev–Trinajstić information content (AvgIpc) is 2.49. The van der Waals surface area contributed by atoms with E-state index in [0.29, 0.717) is 11.8 Å². The molecule has 0 atom stereocenters. The lowest BCUT2D eigenvalue weighted by molar-refractivity contribution is -0.394. The molecule has 1 amide bonds. The number of carbonyl (C=O) groups is 1. The highest BCUT2D eigenvalue weighted by Crippen LogP contribution is 2.33. The summed E-state index contributed by atoms with van der Waals surface area (Å²) in [5.41, 5.74) is -1.25. The van der Waals surface area contributed by atoms with Crippen molar-refractivity contribution >= 4 is 50.5 Å². The van der Waals surface area contributed by atoms with E-state index in [1.807, 2.05) is 0 Å². The Morgan fingerprint density at radius 2 is 1.70 bits per heavy atom. The molecule has 0 saturated heterocycles. The van der Waals surface area contributed by atoms with E-state index in [4.69, 9.17) is 11.6 Å². The molecule has 2 rings (SSSR count). The fourth-order valence-corrected chi connectivity index (χ4v) is 2.26. The lowest BCUT2D eigenvalue weighted by Crippen LogP contribution is -2.13. The second-order valence-electron chi connectivity index (χ2n) is 4.30. The van der Waals surface area contributed by atoms with Crippen LogP contribution in [0.5, 0.6) is 0 Å². The Bertz CT molecular complexity index is 810. The summed E-state index contributed by atoms with van der Waals surface area (Å²) < 4.78 is 0.791. The fourth-order valence-electron chi connectivity index (χ4n) is 1.73. The molecule has 10 heteroatoms. The van der Waals surface area contributed by atoms with Gasteiger partial charge in [-0.05, 0) is 24.3 Å². The molecule has 2 aromatic rings. The molecule has 0 unspecified atom stereocenters. The van der Waals surface area contributed by atoms with E-state index in [0.717, 1.165) is 10.5 Å². The molecule has 0 aliphatic heterocycles. The summed E-state index contributed by atoms with van der Waals surface area (Å²) in [6.45, 7) is 0. The van der Waals surface area contributed by atoms with E-state index in [2.05, 4.69) is 21.2 Å². The average molecular weight is 401 g/mol. The van der Waals surface area contributed by atoms with Crippen molar-refractivity contribution < 1.29 is 14.6 Å². The van der Waals surface area contributed by atoms with Gasteiger partial charge in [-0.1, -0.05) is 27.5 Å². The Morgan fingerprint density at radius 1 is 1.09 bits per heavy atom. The number of rotatable bonds is 4. The molecule has 0 aliphatic rings. The van der Waals surface area contributed by atoms with Crippen molar-refractivity contribution in [1.29, 1.82) is 0 Å². The lowest BCUT2D eigenvalue weighted by Gasteiger charge is -2.07. The van der Waals surface area contributed by atoms with Crippen molar-refractivity contribution in [2.75, 3.05) is 5.32 Å². The normalized spacial score (nSPS) is 10.2. The number of nitro groups is 2. The molecule has 0 aromatic heterocycles. The van der Waals surface area contributed by atoms with Crippen LogP contribution < -0.4 is 5.32 Å². The number of hydrogen-bond donors (Lipinski definition) is 1. The number of non-ortho nitro benzene ring substituents is 1. The van der Waals surface area contributed by atoms with Crippen molar-refractivity contribution in [3.05, 3.63) is 71.7 Å². The third-order valence-corrected chi connectivity index (χ3v) is 3.72. The first-order chi connectivity index (χ1) is 10.8. The van der Waals surface area contributed by atoms with Crippen LogP contribution >= 0.6 is 27.5 Å². The summed E-state index contributed by atoms with van der Waals surface area (Å²) >= 11 is 9.07. The zero-order chi connectivity index (χ0) is 17.1. The van der Waals surface area contributed by atoms with Gasteiger partial charge in [0.2, 0.25) is 0 Å². The van der Waals surface area contributed by atoms with Crippen molar-refractivity contribution in [1.82, 2.24) is 0 Å². The highest BCUT2D eigenvalue weighted by atomic mass is 79.9. The first-order valence-electron chi connectivity index (χ1n) is 5.99. The molecule has 0 bridgehead atoms. The summed E-state index contributed by atoms with van der Waals surface area (Å²) in [5, 5.41) is 23.8. The van der Waals surface area contributed by atoms with Gasteiger partial charge >= 0.3 is 0 Å². The Morgan fingerprint density at radius 3 is 2.22 bits per heavy atom. The monoisotopic (exact) mass is 399 g/mol. The quantitative estimate of drug-likeness (QED) is 0.611. The van der Waals surface area contributed by atoms with Crippen molar-refractivity contribution in [3.63, 3.8) is 0 Å². The van der Waals surface area contributed by atoms with Crippen LogP contribution in [0.4, 0.5) is 17.1 Å². The third kappa shape index (κ3) is 3.82. The Hall–Kier alpha value is -2.52. The molecule has 118 valence electrons.